The second-order valence-electron chi connectivity index (χ2n) is 15.1. The molecule has 0 aliphatic heterocycles. The highest BCUT2D eigenvalue weighted by Gasteiger charge is 2.35. The molecule has 0 spiro atoms. The highest BCUT2D eigenvalue weighted by Crippen LogP contribution is 2.36. The summed E-state index contributed by atoms with van der Waals surface area (Å²) in [6.07, 6.45) is 0.503. The molecule has 1 unspecified atom stereocenters. The largest absolute Gasteiger partial charge is 0.495 e. The van der Waals surface area contributed by atoms with Crippen molar-refractivity contribution in [3.8, 4) is 16.9 Å². The van der Waals surface area contributed by atoms with Crippen LogP contribution in [-0.2, 0) is 28.9 Å². The van der Waals surface area contributed by atoms with Gasteiger partial charge in [-0.2, -0.15) is 4.98 Å². The van der Waals surface area contributed by atoms with Gasteiger partial charge in [-0.05, 0) is 77.9 Å². The van der Waals surface area contributed by atoms with Crippen molar-refractivity contribution in [1.82, 2.24) is 14.6 Å². The standard InChI is InChI=1S/C41H47FN6O8S/c1-24(2)21-35(55-38(50)36(43)41(4,5)6)56-40(51)48(32-19-18-31(57(8,52)53)22-33(32)54-7)39-45-34-20-13-28(23-47(34)46-39)27-11-16-30(17-12-27)44-37(49)25(3)26-9-14-29(42)15-10-26/h9-20,22-25,35-36H,21,43H2,1-8H3,(H,44,49)/t25-,35?,36-/m1/s1. The summed E-state index contributed by atoms with van der Waals surface area (Å²) in [6.45, 7) is 10.8. The summed E-state index contributed by atoms with van der Waals surface area (Å²) in [6, 6.07) is 19.3. The number of fused-ring (bicyclic) bond motifs is 1. The van der Waals surface area contributed by atoms with Crippen LogP contribution in [0.2, 0.25) is 0 Å². The normalized spacial score (nSPS) is 13.5. The number of esters is 1. The summed E-state index contributed by atoms with van der Waals surface area (Å²) in [5.74, 6) is -2.12. The molecule has 2 amide bonds. The molecule has 302 valence electrons. The minimum absolute atomic E-state index is 0.000759. The number of carbonyl (C=O) groups is 3. The van der Waals surface area contributed by atoms with E-state index in [0.717, 1.165) is 22.3 Å². The molecule has 0 fully saturated rings. The predicted octanol–water partition coefficient (Wildman–Crippen LogP) is 7.25. The Hall–Kier alpha value is -5.87. The number of sulfone groups is 1. The number of halogens is 1. The Morgan fingerprint density at radius 3 is 2.18 bits per heavy atom. The molecule has 16 heteroatoms. The number of nitrogens with two attached hydrogens (primary N) is 1. The van der Waals surface area contributed by atoms with Crippen molar-refractivity contribution in [2.45, 2.75) is 71.1 Å². The summed E-state index contributed by atoms with van der Waals surface area (Å²) in [4.78, 5) is 45.7. The van der Waals surface area contributed by atoms with E-state index in [2.05, 4.69) is 15.4 Å². The summed E-state index contributed by atoms with van der Waals surface area (Å²) in [5, 5.41) is 7.48. The van der Waals surface area contributed by atoms with E-state index in [4.69, 9.17) is 19.9 Å². The van der Waals surface area contributed by atoms with Crippen LogP contribution in [0.3, 0.4) is 0 Å². The van der Waals surface area contributed by atoms with E-state index >= 15 is 0 Å². The van der Waals surface area contributed by atoms with Crippen molar-refractivity contribution in [2.75, 3.05) is 23.6 Å². The molecule has 2 heterocycles. The minimum Gasteiger partial charge on any atom is -0.495 e. The topological polar surface area (TPSA) is 185 Å². The first-order valence-electron chi connectivity index (χ1n) is 18.1. The second-order valence-corrected chi connectivity index (χ2v) is 17.2. The van der Waals surface area contributed by atoms with Crippen LogP contribution in [0.4, 0.5) is 26.5 Å². The highest BCUT2D eigenvalue weighted by molar-refractivity contribution is 7.90. The summed E-state index contributed by atoms with van der Waals surface area (Å²) < 4.78 is 56.6. The summed E-state index contributed by atoms with van der Waals surface area (Å²) in [5.41, 5.74) is 8.66. The zero-order chi connectivity index (χ0) is 41.8. The van der Waals surface area contributed by atoms with Crippen LogP contribution in [-0.4, -0.2) is 66.7 Å². The van der Waals surface area contributed by atoms with Crippen molar-refractivity contribution < 1.29 is 41.4 Å². The van der Waals surface area contributed by atoms with Gasteiger partial charge in [-0.1, -0.05) is 58.9 Å². The molecule has 3 atom stereocenters. The first-order chi connectivity index (χ1) is 26.7. The molecular weight excluding hydrogens is 756 g/mol. The number of methoxy groups -OCH3 is 1. The van der Waals surface area contributed by atoms with Crippen LogP contribution in [0, 0.1) is 17.2 Å². The molecule has 5 aromatic rings. The number of amides is 2. The smallest absolute Gasteiger partial charge is 0.424 e. The Balaban J connectivity index is 1.47. The maximum Gasteiger partial charge on any atom is 0.424 e. The number of nitrogens with zero attached hydrogens (tertiary/aromatic N) is 4. The number of hydrogen-bond acceptors (Lipinski definition) is 11. The van der Waals surface area contributed by atoms with Gasteiger partial charge in [-0.25, -0.2) is 27.0 Å². The van der Waals surface area contributed by atoms with E-state index < -0.39 is 45.6 Å². The lowest BCUT2D eigenvalue weighted by atomic mass is 9.87. The van der Waals surface area contributed by atoms with E-state index in [1.165, 1.54) is 42.0 Å². The number of carbonyl (C=O) groups excluding carboxylic acids is 3. The lowest BCUT2D eigenvalue weighted by Crippen LogP contribution is -2.45. The number of benzene rings is 3. The van der Waals surface area contributed by atoms with Gasteiger partial charge in [-0.3, -0.25) is 9.59 Å². The van der Waals surface area contributed by atoms with Crippen molar-refractivity contribution in [3.63, 3.8) is 0 Å². The third-order valence-electron chi connectivity index (χ3n) is 9.10. The molecule has 2 aromatic heterocycles. The van der Waals surface area contributed by atoms with Gasteiger partial charge in [0.15, 0.2) is 15.5 Å². The monoisotopic (exact) mass is 802 g/mol. The van der Waals surface area contributed by atoms with Crippen LogP contribution < -0.4 is 20.7 Å². The van der Waals surface area contributed by atoms with Crippen molar-refractivity contribution in [2.24, 2.45) is 17.1 Å². The maximum absolute atomic E-state index is 14.2. The third-order valence-corrected chi connectivity index (χ3v) is 10.2. The summed E-state index contributed by atoms with van der Waals surface area (Å²) in [7, 11) is -2.34. The quantitative estimate of drug-likeness (QED) is 0.0903. The maximum atomic E-state index is 14.2. The average molecular weight is 803 g/mol. The molecule has 3 N–H and O–H groups in total. The number of hydrogen-bond donors (Lipinski definition) is 2. The van der Waals surface area contributed by atoms with Crippen LogP contribution in [0.5, 0.6) is 5.75 Å². The van der Waals surface area contributed by atoms with Gasteiger partial charge in [0.25, 0.3) is 5.95 Å². The van der Waals surface area contributed by atoms with Crippen LogP contribution in [0.15, 0.2) is 90.0 Å². The van der Waals surface area contributed by atoms with E-state index in [1.54, 1.807) is 70.3 Å². The lowest BCUT2D eigenvalue weighted by Gasteiger charge is -2.29. The molecule has 0 saturated heterocycles. The third kappa shape index (κ3) is 10.3. The van der Waals surface area contributed by atoms with E-state index in [1.807, 2.05) is 26.0 Å². The van der Waals surface area contributed by atoms with Crippen LogP contribution >= 0.6 is 0 Å². The van der Waals surface area contributed by atoms with Crippen LogP contribution in [0.1, 0.15) is 59.4 Å². The first-order valence-corrected chi connectivity index (χ1v) is 20.0. The number of anilines is 3. The molecule has 0 radical (unpaired) electrons. The molecule has 0 aliphatic carbocycles. The zero-order valence-corrected chi connectivity index (χ0v) is 33.8. The van der Waals surface area contributed by atoms with Crippen molar-refractivity contribution in [1.29, 1.82) is 0 Å². The molecule has 0 aliphatic rings. The molecule has 0 saturated carbocycles. The Kier molecular flexibility index (Phi) is 12.7. The summed E-state index contributed by atoms with van der Waals surface area (Å²) >= 11 is 0. The van der Waals surface area contributed by atoms with Gasteiger partial charge in [0.2, 0.25) is 12.2 Å². The number of rotatable bonds is 13. The second kappa shape index (κ2) is 17.1. The first kappa shape index (κ1) is 42.3. The molecular formula is C41H47FN6O8S. The number of pyridine rings is 1. The molecule has 57 heavy (non-hydrogen) atoms. The Morgan fingerprint density at radius 2 is 1.58 bits per heavy atom. The highest BCUT2D eigenvalue weighted by atomic mass is 32.2. The Morgan fingerprint density at radius 1 is 0.930 bits per heavy atom. The average Bonchev–Trinajstić information content (AvgIpc) is 3.56. The zero-order valence-electron chi connectivity index (χ0n) is 33.0. The van der Waals surface area contributed by atoms with E-state index in [9.17, 15) is 27.2 Å². The molecule has 14 nitrogen and oxygen atoms in total. The van der Waals surface area contributed by atoms with Gasteiger partial charge in [0, 0.05) is 36.2 Å². The Labute approximate surface area is 331 Å². The van der Waals surface area contributed by atoms with E-state index in [0.29, 0.717) is 16.9 Å². The van der Waals surface area contributed by atoms with Gasteiger partial charge >= 0.3 is 12.1 Å². The SMILES string of the molecule is COc1cc(S(C)(=O)=O)ccc1N(C(=O)OC(CC(C)C)OC(=O)[C@@H](N)C(C)(C)C)c1nc2ccc(-c3ccc(NC(=O)[C@H](C)c4ccc(F)cc4)cc3)cn2n1. The van der Waals surface area contributed by atoms with Crippen LogP contribution in [0.25, 0.3) is 16.8 Å². The number of ether oxygens (including phenoxy) is 3. The van der Waals surface area contributed by atoms with Gasteiger partial charge in [-0.15, -0.1) is 5.10 Å². The minimum atomic E-state index is -3.66. The van der Waals surface area contributed by atoms with Crippen molar-refractivity contribution >= 4 is 50.8 Å². The van der Waals surface area contributed by atoms with Crippen molar-refractivity contribution in [3.05, 3.63) is 96.4 Å². The molecule has 3 aromatic carbocycles. The Bertz CT molecular complexity index is 2360. The van der Waals surface area contributed by atoms with Gasteiger partial charge in [0.1, 0.15) is 17.6 Å². The number of aromatic nitrogens is 3. The molecule has 0 bridgehead atoms. The molecule has 5 rings (SSSR count). The van der Waals surface area contributed by atoms with E-state index in [-0.39, 0.29) is 46.3 Å². The fourth-order valence-corrected chi connectivity index (χ4v) is 6.26. The van der Waals surface area contributed by atoms with Gasteiger partial charge in [0.05, 0.1) is 23.6 Å². The fraction of sp³-hybridized carbons (Fsp3) is 0.341. The van der Waals surface area contributed by atoms with Gasteiger partial charge < -0.3 is 25.3 Å². The predicted molar refractivity (Wildman–Crippen MR) is 213 cm³/mol. The fourth-order valence-electron chi connectivity index (χ4n) is 5.62. The number of nitrogens with one attached hydrogen (secondary N) is 1. The lowest BCUT2D eigenvalue weighted by molar-refractivity contribution is -0.173.